The Bertz CT molecular complexity index is 1390. The number of hydrogen-bond donors (Lipinski definition) is 4. The van der Waals surface area contributed by atoms with Crippen molar-refractivity contribution in [2.24, 2.45) is 0 Å². The highest BCUT2D eigenvalue weighted by Crippen LogP contribution is 2.36. The fourth-order valence-corrected chi connectivity index (χ4v) is 3.46. The van der Waals surface area contributed by atoms with E-state index in [2.05, 4.69) is 20.9 Å². The molecular formula is C22H15ClF3N5O3. The van der Waals surface area contributed by atoms with E-state index in [9.17, 15) is 22.8 Å². The summed E-state index contributed by atoms with van der Waals surface area (Å²) in [5.41, 5.74) is 1.72. The number of benzene rings is 3. The van der Waals surface area contributed by atoms with E-state index in [0.717, 1.165) is 23.3 Å². The fraction of sp³-hybridized carbons (Fsp3) is 0.0455. The van der Waals surface area contributed by atoms with Crippen molar-refractivity contribution in [2.45, 2.75) is 6.18 Å². The van der Waals surface area contributed by atoms with E-state index in [-0.39, 0.29) is 5.69 Å². The Morgan fingerprint density at radius 3 is 2.18 bits per heavy atom. The Morgan fingerprint density at radius 2 is 1.50 bits per heavy atom. The Hall–Kier alpha value is -4.25. The van der Waals surface area contributed by atoms with Gasteiger partial charge in [0.1, 0.15) is 6.33 Å². The first kappa shape index (κ1) is 22.9. The van der Waals surface area contributed by atoms with E-state index in [1.165, 1.54) is 6.07 Å². The summed E-state index contributed by atoms with van der Waals surface area (Å²) < 4.78 is 40.7. The third kappa shape index (κ3) is 5.04. The van der Waals surface area contributed by atoms with Crippen LogP contribution in [-0.4, -0.2) is 26.8 Å². The number of carbonyl (C=O) groups excluding carboxylic acids is 1. The lowest BCUT2D eigenvalue weighted by Gasteiger charge is -2.12. The van der Waals surface area contributed by atoms with Gasteiger partial charge in [-0.1, -0.05) is 11.6 Å². The van der Waals surface area contributed by atoms with Gasteiger partial charge >= 0.3 is 18.3 Å². The summed E-state index contributed by atoms with van der Waals surface area (Å²) >= 11 is 5.59. The minimum absolute atomic E-state index is 0.0625. The maximum Gasteiger partial charge on any atom is 0.417 e. The van der Waals surface area contributed by atoms with E-state index in [0.29, 0.717) is 16.9 Å². The maximum absolute atomic E-state index is 13.0. The molecule has 3 amide bonds. The van der Waals surface area contributed by atoms with Gasteiger partial charge in [-0.25, -0.2) is 14.6 Å². The lowest BCUT2D eigenvalue weighted by Crippen LogP contribution is -2.20. The highest BCUT2D eigenvalue weighted by molar-refractivity contribution is 6.31. The number of halogens is 4. The van der Waals surface area contributed by atoms with Crippen molar-refractivity contribution < 1.29 is 27.9 Å². The number of nitrogens with one attached hydrogen (secondary N) is 3. The molecule has 0 bridgehead atoms. The topological polar surface area (TPSA) is 108 Å². The van der Waals surface area contributed by atoms with Gasteiger partial charge < -0.3 is 15.7 Å². The molecule has 0 aliphatic carbocycles. The molecule has 0 aliphatic rings. The van der Waals surface area contributed by atoms with Gasteiger partial charge in [-0.15, -0.1) is 0 Å². The van der Waals surface area contributed by atoms with E-state index in [1.807, 2.05) is 0 Å². The summed E-state index contributed by atoms with van der Waals surface area (Å²) in [6, 6.07) is 13.9. The summed E-state index contributed by atoms with van der Waals surface area (Å²) in [5.74, 6) is 0. The number of nitrogens with zero attached hydrogens (tertiary/aromatic N) is 2. The molecule has 34 heavy (non-hydrogen) atoms. The molecule has 0 saturated carbocycles. The quantitative estimate of drug-likeness (QED) is 0.265. The molecule has 3 aromatic carbocycles. The maximum atomic E-state index is 13.0. The average molecular weight is 490 g/mol. The summed E-state index contributed by atoms with van der Waals surface area (Å²) in [6.07, 6.45) is -4.25. The SMILES string of the molecule is O=C(O)Nc1ccc2c(c1)ncn2-c1ccc(NC(=O)Nc2ccc(Cl)c(C(F)(F)F)c2)cc1. The molecule has 8 nitrogen and oxygen atoms in total. The third-order valence-corrected chi connectivity index (χ3v) is 5.06. The predicted octanol–water partition coefficient (Wildman–Crippen LogP) is 6.43. The molecule has 0 radical (unpaired) electrons. The van der Waals surface area contributed by atoms with Crippen LogP contribution in [0.2, 0.25) is 5.02 Å². The normalized spacial score (nSPS) is 11.3. The zero-order valence-corrected chi connectivity index (χ0v) is 17.8. The van der Waals surface area contributed by atoms with Gasteiger partial charge in [-0.3, -0.25) is 9.88 Å². The monoisotopic (exact) mass is 489 g/mol. The van der Waals surface area contributed by atoms with E-state index < -0.39 is 28.9 Å². The number of carbonyl (C=O) groups is 2. The van der Waals surface area contributed by atoms with Gasteiger partial charge in [0.05, 0.1) is 21.6 Å². The molecule has 4 aromatic rings. The van der Waals surface area contributed by atoms with Crippen LogP contribution in [-0.2, 0) is 6.18 Å². The largest absolute Gasteiger partial charge is 0.465 e. The van der Waals surface area contributed by atoms with Crippen molar-refractivity contribution in [3.8, 4) is 5.69 Å². The van der Waals surface area contributed by atoms with Crippen LogP contribution in [0.3, 0.4) is 0 Å². The number of rotatable bonds is 4. The van der Waals surface area contributed by atoms with Crippen molar-refractivity contribution in [2.75, 3.05) is 16.0 Å². The number of fused-ring (bicyclic) bond motifs is 1. The Balaban J connectivity index is 1.46. The number of imidazole rings is 1. The number of aromatic nitrogens is 2. The van der Waals surface area contributed by atoms with Gasteiger partial charge in [-0.2, -0.15) is 13.2 Å². The molecule has 174 valence electrons. The summed E-state index contributed by atoms with van der Waals surface area (Å²) in [6.45, 7) is 0. The van der Waals surface area contributed by atoms with Crippen molar-refractivity contribution in [1.29, 1.82) is 0 Å². The second-order valence-electron chi connectivity index (χ2n) is 7.07. The molecule has 0 aliphatic heterocycles. The fourth-order valence-electron chi connectivity index (χ4n) is 3.24. The van der Waals surface area contributed by atoms with Crippen LogP contribution < -0.4 is 16.0 Å². The second-order valence-corrected chi connectivity index (χ2v) is 7.47. The molecule has 0 atom stereocenters. The number of hydrogen-bond acceptors (Lipinski definition) is 3. The highest BCUT2D eigenvalue weighted by atomic mass is 35.5. The molecule has 0 saturated heterocycles. The smallest absolute Gasteiger partial charge is 0.417 e. The third-order valence-electron chi connectivity index (χ3n) is 4.73. The molecule has 12 heteroatoms. The first-order chi connectivity index (χ1) is 16.1. The van der Waals surface area contributed by atoms with Crippen molar-refractivity contribution in [1.82, 2.24) is 9.55 Å². The predicted molar refractivity (Wildman–Crippen MR) is 122 cm³/mol. The zero-order valence-electron chi connectivity index (χ0n) is 17.0. The van der Waals surface area contributed by atoms with Crippen LogP contribution in [0.1, 0.15) is 5.56 Å². The number of anilines is 3. The van der Waals surface area contributed by atoms with Crippen LogP contribution in [0.25, 0.3) is 16.7 Å². The van der Waals surface area contributed by atoms with Crippen LogP contribution in [0.15, 0.2) is 67.0 Å². The van der Waals surface area contributed by atoms with E-state index >= 15 is 0 Å². The number of alkyl halides is 3. The first-order valence-electron chi connectivity index (χ1n) is 9.62. The van der Waals surface area contributed by atoms with Crippen LogP contribution >= 0.6 is 11.6 Å². The minimum Gasteiger partial charge on any atom is -0.465 e. The lowest BCUT2D eigenvalue weighted by atomic mass is 10.2. The number of carboxylic acid groups (broad SMARTS) is 1. The molecule has 1 heterocycles. The van der Waals surface area contributed by atoms with Crippen molar-refractivity contribution in [3.05, 3.63) is 77.6 Å². The average Bonchev–Trinajstić information content (AvgIpc) is 3.17. The molecular weight excluding hydrogens is 475 g/mol. The Labute approximate surface area is 195 Å². The van der Waals surface area contributed by atoms with Gasteiger partial charge in [0, 0.05) is 22.7 Å². The molecule has 0 spiro atoms. The van der Waals surface area contributed by atoms with E-state index in [4.69, 9.17) is 16.7 Å². The first-order valence-corrected chi connectivity index (χ1v) is 10.0. The van der Waals surface area contributed by atoms with Gasteiger partial charge in [0.2, 0.25) is 0 Å². The molecule has 0 unspecified atom stereocenters. The zero-order chi connectivity index (χ0) is 24.5. The Morgan fingerprint density at radius 1 is 0.882 bits per heavy atom. The van der Waals surface area contributed by atoms with Gasteiger partial charge in [-0.05, 0) is 60.7 Å². The van der Waals surface area contributed by atoms with Gasteiger partial charge in [0.15, 0.2) is 0 Å². The summed E-state index contributed by atoms with van der Waals surface area (Å²) in [7, 11) is 0. The number of amides is 3. The molecule has 4 rings (SSSR count). The van der Waals surface area contributed by atoms with Crippen LogP contribution in [0.4, 0.5) is 39.8 Å². The standard InChI is InChI=1S/C22H15ClF3N5O3/c23-17-7-3-13(9-16(17)22(24,25)26)29-20(32)28-12-1-5-15(6-2-12)31-11-27-18-10-14(30-21(33)34)4-8-19(18)31/h1-11,30H,(H,33,34)(H2,28,29,32). The number of urea groups is 1. The van der Waals surface area contributed by atoms with Gasteiger partial charge in [0.25, 0.3) is 0 Å². The molecule has 0 fully saturated rings. The second kappa shape index (κ2) is 8.94. The van der Waals surface area contributed by atoms with Crippen LogP contribution in [0, 0.1) is 0 Å². The minimum atomic E-state index is -4.65. The highest BCUT2D eigenvalue weighted by Gasteiger charge is 2.33. The van der Waals surface area contributed by atoms with Crippen LogP contribution in [0.5, 0.6) is 0 Å². The lowest BCUT2D eigenvalue weighted by molar-refractivity contribution is -0.137. The van der Waals surface area contributed by atoms with E-state index in [1.54, 1.807) is 53.4 Å². The van der Waals surface area contributed by atoms with Crippen molar-refractivity contribution >= 4 is 51.8 Å². The van der Waals surface area contributed by atoms with Crippen molar-refractivity contribution in [3.63, 3.8) is 0 Å². The summed E-state index contributed by atoms with van der Waals surface area (Å²) in [5, 5.41) is 15.5. The molecule has 4 N–H and O–H groups in total. The Kier molecular flexibility index (Phi) is 6.03. The molecule has 1 aromatic heterocycles. The summed E-state index contributed by atoms with van der Waals surface area (Å²) in [4.78, 5) is 27.3.